The summed E-state index contributed by atoms with van der Waals surface area (Å²) in [5.74, 6) is 2.23. The van der Waals surface area contributed by atoms with Gasteiger partial charge in [-0.15, -0.1) is 0 Å². The molecule has 2 aliphatic heterocycles. The maximum absolute atomic E-state index is 12.3. The van der Waals surface area contributed by atoms with Gasteiger partial charge in [-0.05, 0) is 110 Å². The number of amides is 2. The van der Waals surface area contributed by atoms with Gasteiger partial charge >= 0.3 is 0 Å². The predicted molar refractivity (Wildman–Crippen MR) is 236 cm³/mol. The van der Waals surface area contributed by atoms with E-state index in [1.165, 1.54) is 16.8 Å². The minimum atomic E-state index is -0.441. The highest BCUT2D eigenvalue weighted by Gasteiger charge is 2.40. The molecule has 0 saturated heterocycles. The number of nitrogens with zero attached hydrogens (tertiary/aromatic N) is 3. The van der Waals surface area contributed by atoms with Crippen molar-refractivity contribution in [1.82, 2.24) is 11.6 Å². The second-order valence-corrected chi connectivity index (χ2v) is 14.3. The average molecular weight is 807 g/mol. The van der Waals surface area contributed by atoms with Crippen molar-refractivity contribution in [2.24, 2.45) is 10.8 Å². The van der Waals surface area contributed by atoms with Crippen LogP contribution in [0, 0.1) is 0 Å². The van der Waals surface area contributed by atoms with E-state index in [1.54, 1.807) is 89.3 Å². The number of aldehydes is 1. The number of carbonyl (C=O) groups excluding carboxylic acids is 3. The minimum Gasteiger partial charge on any atom is -0.497 e. The molecule has 0 saturated carbocycles. The van der Waals surface area contributed by atoms with Gasteiger partial charge in [0.25, 0.3) is 5.91 Å². The Bertz CT molecular complexity index is 2190. The predicted octanol–water partition coefficient (Wildman–Crippen LogP) is 7.97. The van der Waals surface area contributed by atoms with Gasteiger partial charge in [0.05, 0.1) is 28.4 Å². The van der Waals surface area contributed by atoms with Crippen molar-refractivity contribution >= 4 is 35.7 Å². The second-order valence-electron chi connectivity index (χ2n) is 14.3. The molecule has 0 aliphatic carbocycles. The summed E-state index contributed by atoms with van der Waals surface area (Å²) in [4.78, 5) is 38.2. The zero-order valence-electron chi connectivity index (χ0n) is 35.8. The minimum absolute atomic E-state index is 0. The van der Waals surface area contributed by atoms with Crippen molar-refractivity contribution < 1.29 is 33.3 Å². The number of allylic oxidation sites excluding steroid dienone is 4. The first-order chi connectivity index (χ1) is 27.7. The van der Waals surface area contributed by atoms with Gasteiger partial charge in [0.2, 0.25) is 5.91 Å². The molecule has 4 aromatic rings. The molecular weight excluding hydrogens is 749 g/mol. The molecule has 314 valence electrons. The van der Waals surface area contributed by atoms with Crippen LogP contribution in [0.1, 0.15) is 73.4 Å². The lowest BCUT2D eigenvalue weighted by Crippen LogP contribution is -2.26. The fourth-order valence-corrected chi connectivity index (χ4v) is 7.12. The third-order valence-corrected chi connectivity index (χ3v) is 10.2. The van der Waals surface area contributed by atoms with Crippen LogP contribution in [0.4, 0.5) is 11.4 Å². The van der Waals surface area contributed by atoms with Gasteiger partial charge in [-0.3, -0.25) is 14.4 Å². The van der Waals surface area contributed by atoms with Crippen LogP contribution < -0.4 is 46.1 Å². The molecule has 0 radical (unpaired) electrons. The van der Waals surface area contributed by atoms with Gasteiger partial charge in [0.15, 0.2) is 0 Å². The Labute approximate surface area is 348 Å². The van der Waals surface area contributed by atoms with Gasteiger partial charge in [0, 0.05) is 64.0 Å². The number of anilines is 2. The Kier molecular flexibility index (Phi) is 16.4. The summed E-state index contributed by atoms with van der Waals surface area (Å²) >= 11 is 0. The van der Waals surface area contributed by atoms with E-state index in [-0.39, 0.29) is 22.9 Å². The zero-order valence-corrected chi connectivity index (χ0v) is 35.8. The van der Waals surface area contributed by atoms with Crippen LogP contribution >= 0.6 is 0 Å². The van der Waals surface area contributed by atoms with E-state index in [9.17, 15) is 14.4 Å². The number of nitrogens with one attached hydrogen (secondary N) is 1. The average Bonchev–Trinajstić information content (AvgIpc) is 3.59. The fraction of sp³-hybridized carbons (Fsp3) is 0.304. The highest BCUT2D eigenvalue weighted by Crippen LogP contribution is 2.49. The van der Waals surface area contributed by atoms with Gasteiger partial charge in [-0.2, -0.15) is 5.10 Å². The number of likely N-dealkylation sites (N-methyl/N-ethyl adjacent to an activating group) is 2. The topological polar surface area (TPSA) is 180 Å². The van der Waals surface area contributed by atoms with Gasteiger partial charge < -0.3 is 40.6 Å². The van der Waals surface area contributed by atoms with Crippen LogP contribution in [0.5, 0.6) is 23.0 Å². The molecule has 4 aromatic carbocycles. The van der Waals surface area contributed by atoms with E-state index in [1.807, 2.05) is 18.2 Å². The largest absolute Gasteiger partial charge is 0.497 e. The van der Waals surface area contributed by atoms with Crippen LogP contribution in [-0.4, -0.2) is 65.8 Å². The Morgan fingerprint density at radius 2 is 1.08 bits per heavy atom. The van der Waals surface area contributed by atoms with E-state index >= 15 is 0 Å². The molecule has 6 rings (SSSR count). The smallest absolute Gasteiger partial charge is 0.271 e. The summed E-state index contributed by atoms with van der Waals surface area (Å²) in [5.41, 5.74) is 15.1. The highest BCUT2D eigenvalue weighted by atomic mass is 16.5. The maximum atomic E-state index is 12.3. The first kappa shape index (κ1) is 46.8. The highest BCUT2D eigenvalue weighted by molar-refractivity contribution is 5.95. The number of benzene rings is 4. The zero-order chi connectivity index (χ0) is 42.6. The van der Waals surface area contributed by atoms with Crippen molar-refractivity contribution in [3.05, 3.63) is 131 Å². The van der Waals surface area contributed by atoms with E-state index in [0.717, 1.165) is 48.0 Å². The van der Waals surface area contributed by atoms with Crippen LogP contribution in [-0.2, 0) is 15.6 Å². The number of fused-ring (bicyclic) bond motifs is 2. The molecule has 2 amide bonds. The summed E-state index contributed by atoms with van der Waals surface area (Å²) in [5, 5.41) is 4.10. The summed E-state index contributed by atoms with van der Waals surface area (Å²) in [6.45, 7) is 14.5. The Hall–Kier alpha value is -6.60. The van der Waals surface area contributed by atoms with Crippen molar-refractivity contribution in [3.8, 4) is 23.0 Å². The molecular formula is C46H58N6O7. The van der Waals surface area contributed by atoms with Gasteiger partial charge in [0.1, 0.15) is 29.3 Å². The number of hydrazone groups is 1. The molecule has 13 nitrogen and oxygen atoms in total. The molecule has 59 heavy (non-hydrogen) atoms. The van der Waals surface area contributed by atoms with Crippen LogP contribution in [0.2, 0.25) is 0 Å². The molecule has 13 heteroatoms. The number of nitrogens with two attached hydrogens (primary N) is 1. The number of primary amides is 1. The molecule has 0 unspecified atom stereocenters. The standard InChI is InChI=1S/C23H27N3O3.C15H19NO2.C8H9NO2.H3N/c1-6-26-20-11-10-18(29-5)15-19(20)23(2,3)21(26)12-13-24-25-22(27)16-8-7-9-17(14-16)28-4;1-5-16-13-7-6-11(18-4)10-12(13)15(2,3)14(16)8-9-17;1-11-7-4-2-3-6(5-7)8(9)10;/h7-15H,6H2,1-5H3,(H,25,27);6-10H,5H2,1-4H3;2-5H,1H3,(H2,9,10);1H3/b21-12-,24-13+;14-8-;;. The van der Waals surface area contributed by atoms with Crippen molar-refractivity contribution in [3.63, 3.8) is 0 Å². The summed E-state index contributed by atoms with van der Waals surface area (Å²) in [6, 6.07) is 25.9. The van der Waals surface area contributed by atoms with Crippen LogP contribution in [0.3, 0.4) is 0 Å². The number of hydrogen-bond acceptors (Lipinski definition) is 11. The van der Waals surface area contributed by atoms with Crippen molar-refractivity contribution in [2.75, 3.05) is 51.3 Å². The van der Waals surface area contributed by atoms with Crippen LogP contribution in [0.15, 0.2) is 114 Å². The Morgan fingerprint density at radius 1 is 0.661 bits per heavy atom. The summed E-state index contributed by atoms with van der Waals surface area (Å²) in [7, 11) is 6.46. The maximum Gasteiger partial charge on any atom is 0.271 e. The second kappa shape index (κ2) is 20.7. The quantitative estimate of drug-likeness (QED) is 0.0582. The number of carbonyl (C=O) groups is 3. The van der Waals surface area contributed by atoms with E-state index in [0.29, 0.717) is 22.6 Å². The lowest BCUT2D eigenvalue weighted by atomic mass is 9.83. The summed E-state index contributed by atoms with van der Waals surface area (Å²) < 4.78 is 20.7. The number of ether oxygens (including phenoxy) is 4. The first-order valence-corrected chi connectivity index (χ1v) is 18.9. The van der Waals surface area contributed by atoms with Gasteiger partial charge in [-0.1, -0.05) is 39.8 Å². The molecule has 2 heterocycles. The third-order valence-electron chi connectivity index (χ3n) is 10.2. The number of hydrogen-bond donors (Lipinski definition) is 3. The van der Waals surface area contributed by atoms with E-state index in [4.69, 9.17) is 24.7 Å². The van der Waals surface area contributed by atoms with E-state index < -0.39 is 5.91 Å². The molecule has 0 aromatic heterocycles. The van der Waals surface area contributed by atoms with Gasteiger partial charge in [-0.25, -0.2) is 5.43 Å². The fourth-order valence-electron chi connectivity index (χ4n) is 7.12. The normalized spacial score (nSPS) is 15.4. The lowest BCUT2D eigenvalue weighted by Gasteiger charge is -2.25. The molecule has 0 spiro atoms. The van der Waals surface area contributed by atoms with E-state index in [2.05, 4.69) is 86.1 Å². The lowest BCUT2D eigenvalue weighted by molar-refractivity contribution is -0.104. The van der Waals surface area contributed by atoms with Crippen molar-refractivity contribution in [2.45, 2.75) is 52.4 Å². The molecule has 0 bridgehead atoms. The Morgan fingerprint density at radius 3 is 1.51 bits per heavy atom. The molecule has 0 fully saturated rings. The molecule has 6 N–H and O–H groups in total. The number of rotatable bonds is 11. The van der Waals surface area contributed by atoms with Crippen LogP contribution in [0.25, 0.3) is 0 Å². The Balaban J connectivity index is 0.000000263. The molecule has 2 aliphatic rings. The molecule has 0 atom stereocenters. The number of methoxy groups -OCH3 is 4. The third kappa shape index (κ3) is 10.5. The first-order valence-electron chi connectivity index (χ1n) is 18.9. The monoisotopic (exact) mass is 806 g/mol. The van der Waals surface area contributed by atoms with Crippen molar-refractivity contribution in [1.29, 1.82) is 0 Å². The summed E-state index contributed by atoms with van der Waals surface area (Å²) in [6.07, 6.45) is 6.10. The SMILES string of the molecule is CCN1/C(=C\C=N\NC(=O)c2cccc(OC)c2)C(C)(C)c2cc(OC)ccc21.CCN1/C(=C\C=O)C(C)(C)c2cc(OC)ccc21.COc1cccc(C(N)=O)c1.N.